The molecule has 0 aliphatic rings. The maximum Gasteiger partial charge on any atom is 0.242 e. The van der Waals surface area contributed by atoms with Crippen molar-refractivity contribution in [1.82, 2.24) is 14.7 Å². The number of nitrogen functional groups attached to an aromatic ring is 1. The minimum absolute atomic E-state index is 0.205. The summed E-state index contributed by atoms with van der Waals surface area (Å²) in [5, 5.41) is -0.208. The molecule has 0 saturated carbocycles. The van der Waals surface area contributed by atoms with Crippen LogP contribution < -0.4 is 10.5 Å². The molecule has 6 nitrogen and oxygen atoms in total. The first-order chi connectivity index (χ1) is 9.90. The molecule has 0 radical (unpaired) electrons. The molecule has 0 bridgehead atoms. The van der Waals surface area contributed by atoms with Crippen molar-refractivity contribution in [2.45, 2.75) is 17.7 Å². The van der Waals surface area contributed by atoms with Crippen LogP contribution >= 0.6 is 11.6 Å². The van der Waals surface area contributed by atoms with Gasteiger partial charge in [0.1, 0.15) is 16.5 Å². The Morgan fingerprint density at radius 2 is 2.19 bits per heavy atom. The van der Waals surface area contributed by atoms with Crippen molar-refractivity contribution in [1.29, 1.82) is 0 Å². The number of anilines is 1. The quantitative estimate of drug-likeness (QED) is 0.553. The number of hydrogen-bond donors (Lipinski definition) is 3. The second-order valence-corrected chi connectivity index (χ2v) is 6.48. The highest BCUT2D eigenvalue weighted by atomic mass is 35.5. The number of hydrogen-bond acceptors (Lipinski definition) is 4. The van der Waals surface area contributed by atoms with Crippen LogP contribution in [-0.4, -0.2) is 24.9 Å². The molecule has 2 rings (SSSR count). The second kappa shape index (κ2) is 6.42. The van der Waals surface area contributed by atoms with E-state index >= 15 is 0 Å². The summed E-state index contributed by atoms with van der Waals surface area (Å²) in [5.74, 6) is 0.0232. The van der Waals surface area contributed by atoms with Crippen molar-refractivity contribution in [3.05, 3.63) is 41.2 Å². The summed E-state index contributed by atoms with van der Waals surface area (Å²) < 4.78 is 39.7. The first kappa shape index (κ1) is 15.7. The number of benzene rings is 1. The Morgan fingerprint density at radius 1 is 1.43 bits per heavy atom. The van der Waals surface area contributed by atoms with Gasteiger partial charge in [-0.05, 0) is 18.6 Å². The van der Waals surface area contributed by atoms with Crippen molar-refractivity contribution in [3.63, 3.8) is 0 Å². The van der Waals surface area contributed by atoms with Crippen LogP contribution in [0.25, 0.3) is 0 Å². The van der Waals surface area contributed by atoms with E-state index in [1.807, 2.05) is 0 Å². The lowest BCUT2D eigenvalue weighted by Crippen LogP contribution is -2.25. The number of halogens is 2. The lowest BCUT2D eigenvalue weighted by Gasteiger charge is -2.09. The molecule has 0 amide bonds. The Labute approximate surface area is 126 Å². The molecule has 1 heterocycles. The highest BCUT2D eigenvalue weighted by Crippen LogP contribution is 2.26. The smallest absolute Gasteiger partial charge is 0.242 e. The van der Waals surface area contributed by atoms with Crippen LogP contribution in [0.15, 0.2) is 29.4 Å². The fourth-order valence-corrected chi connectivity index (χ4v) is 3.35. The van der Waals surface area contributed by atoms with E-state index in [4.69, 9.17) is 17.3 Å². The zero-order chi connectivity index (χ0) is 15.5. The molecule has 0 aliphatic heterocycles. The minimum Gasteiger partial charge on any atom is -0.396 e. The number of aromatic nitrogens is 2. The van der Waals surface area contributed by atoms with Gasteiger partial charge in [0, 0.05) is 25.4 Å². The van der Waals surface area contributed by atoms with Crippen molar-refractivity contribution in [2.24, 2.45) is 0 Å². The number of aryl methyl sites for hydroxylation is 1. The molecule has 114 valence electrons. The van der Waals surface area contributed by atoms with Gasteiger partial charge in [-0.25, -0.2) is 22.5 Å². The van der Waals surface area contributed by atoms with Crippen LogP contribution in [0.5, 0.6) is 0 Å². The number of imidazole rings is 1. The first-order valence-electron chi connectivity index (χ1n) is 6.12. The Kier molecular flexibility index (Phi) is 4.81. The third-order valence-electron chi connectivity index (χ3n) is 2.78. The van der Waals surface area contributed by atoms with Crippen molar-refractivity contribution in [2.75, 3.05) is 12.3 Å². The Hall–Kier alpha value is -1.64. The first-order valence-corrected chi connectivity index (χ1v) is 7.98. The number of nitrogens with zero attached hydrogens (tertiary/aromatic N) is 1. The Morgan fingerprint density at radius 3 is 2.86 bits per heavy atom. The van der Waals surface area contributed by atoms with E-state index in [1.54, 1.807) is 12.4 Å². The van der Waals surface area contributed by atoms with Gasteiger partial charge < -0.3 is 10.7 Å². The van der Waals surface area contributed by atoms with E-state index in [9.17, 15) is 12.8 Å². The van der Waals surface area contributed by atoms with E-state index < -0.39 is 15.8 Å². The molecule has 2 aromatic rings. The summed E-state index contributed by atoms with van der Waals surface area (Å²) in [7, 11) is -3.83. The fourth-order valence-electron chi connectivity index (χ4n) is 1.73. The molecular formula is C12H14ClFN4O2S. The maximum absolute atomic E-state index is 13.2. The van der Waals surface area contributed by atoms with Crippen LogP contribution in [0.1, 0.15) is 12.2 Å². The average molecular weight is 333 g/mol. The molecule has 0 atom stereocenters. The summed E-state index contributed by atoms with van der Waals surface area (Å²) in [4.78, 5) is 6.72. The van der Waals surface area contributed by atoms with Gasteiger partial charge in [-0.2, -0.15) is 0 Å². The van der Waals surface area contributed by atoms with Crippen LogP contribution in [0, 0.1) is 5.82 Å². The average Bonchev–Trinajstić information content (AvgIpc) is 2.92. The molecule has 1 aromatic heterocycles. The van der Waals surface area contributed by atoms with Gasteiger partial charge in [0.05, 0.1) is 10.7 Å². The number of nitrogens with one attached hydrogen (secondary N) is 2. The molecule has 0 saturated heterocycles. The van der Waals surface area contributed by atoms with Gasteiger partial charge in [-0.15, -0.1) is 0 Å². The third kappa shape index (κ3) is 3.93. The lowest BCUT2D eigenvalue weighted by molar-refractivity contribution is 0.577. The van der Waals surface area contributed by atoms with Gasteiger partial charge in [0.2, 0.25) is 10.0 Å². The number of nitrogens with two attached hydrogens (primary N) is 1. The fraction of sp³-hybridized carbons (Fsp3) is 0.250. The molecule has 0 fully saturated rings. The zero-order valence-corrected chi connectivity index (χ0v) is 12.5. The van der Waals surface area contributed by atoms with Crippen LogP contribution in [-0.2, 0) is 16.4 Å². The van der Waals surface area contributed by atoms with Gasteiger partial charge in [-0.3, -0.25) is 0 Å². The highest BCUT2D eigenvalue weighted by molar-refractivity contribution is 7.89. The normalized spacial score (nSPS) is 11.7. The van der Waals surface area contributed by atoms with Crippen LogP contribution in [0.2, 0.25) is 5.02 Å². The highest BCUT2D eigenvalue weighted by Gasteiger charge is 2.19. The SMILES string of the molecule is Nc1cc(S(=O)(=O)NCCCc2ncc[nH]2)c(Cl)cc1F. The second-order valence-electron chi connectivity index (χ2n) is 4.34. The van der Waals surface area contributed by atoms with Crippen molar-refractivity contribution in [3.8, 4) is 0 Å². The molecule has 9 heteroatoms. The summed E-state index contributed by atoms with van der Waals surface area (Å²) in [5.41, 5.74) is 5.10. The molecule has 1 aromatic carbocycles. The van der Waals surface area contributed by atoms with Gasteiger partial charge in [0.25, 0.3) is 0 Å². The topological polar surface area (TPSA) is 101 Å². The zero-order valence-electron chi connectivity index (χ0n) is 10.9. The monoisotopic (exact) mass is 332 g/mol. The molecule has 21 heavy (non-hydrogen) atoms. The van der Waals surface area contributed by atoms with E-state index in [0.717, 1.165) is 18.0 Å². The molecule has 0 spiro atoms. The predicted octanol–water partition coefficient (Wildman–Crippen LogP) is 1.70. The maximum atomic E-state index is 13.2. The Balaban J connectivity index is 2.00. The largest absolute Gasteiger partial charge is 0.396 e. The number of H-pyrrole nitrogens is 1. The van der Waals surface area contributed by atoms with E-state index in [2.05, 4.69) is 14.7 Å². The van der Waals surface area contributed by atoms with Crippen LogP contribution in [0.3, 0.4) is 0 Å². The van der Waals surface area contributed by atoms with Crippen molar-refractivity contribution >= 4 is 27.3 Å². The van der Waals surface area contributed by atoms with Gasteiger partial charge in [0.15, 0.2) is 0 Å². The molecule has 0 aliphatic carbocycles. The van der Waals surface area contributed by atoms with E-state index in [-0.39, 0.29) is 22.2 Å². The summed E-state index contributed by atoms with van der Waals surface area (Å²) in [6.07, 6.45) is 4.48. The van der Waals surface area contributed by atoms with E-state index in [0.29, 0.717) is 12.8 Å². The standard InChI is InChI=1S/C12H14ClFN4O2S/c13-8-6-9(14)10(15)7-11(8)21(19,20)18-3-1-2-12-16-4-5-17-12/h4-7,18H,1-3,15H2,(H,16,17). The summed E-state index contributed by atoms with van der Waals surface area (Å²) >= 11 is 5.75. The predicted molar refractivity (Wildman–Crippen MR) is 77.9 cm³/mol. The summed E-state index contributed by atoms with van der Waals surface area (Å²) in [6.45, 7) is 0.205. The third-order valence-corrected chi connectivity index (χ3v) is 4.70. The number of rotatable bonds is 6. The molecule has 4 N–H and O–H groups in total. The summed E-state index contributed by atoms with van der Waals surface area (Å²) in [6, 6.07) is 1.89. The van der Waals surface area contributed by atoms with Gasteiger partial charge in [-0.1, -0.05) is 11.6 Å². The lowest BCUT2D eigenvalue weighted by atomic mass is 10.3. The minimum atomic E-state index is -3.83. The number of aromatic amines is 1. The van der Waals surface area contributed by atoms with Gasteiger partial charge >= 0.3 is 0 Å². The molecular weight excluding hydrogens is 319 g/mol. The van der Waals surface area contributed by atoms with E-state index in [1.165, 1.54) is 0 Å². The molecule has 0 unspecified atom stereocenters. The Bertz CT molecular complexity index is 719. The van der Waals surface area contributed by atoms with Crippen molar-refractivity contribution < 1.29 is 12.8 Å². The van der Waals surface area contributed by atoms with Crippen LogP contribution in [0.4, 0.5) is 10.1 Å². The number of sulfonamides is 1.